The van der Waals surface area contributed by atoms with Gasteiger partial charge in [0.1, 0.15) is 0 Å². The molecule has 0 aliphatic carbocycles. The Labute approximate surface area is 147 Å². The summed E-state index contributed by atoms with van der Waals surface area (Å²) in [7, 11) is 0. The fourth-order valence-electron chi connectivity index (χ4n) is 3.98. The largest absolute Gasteiger partial charge is 0.421 e. The molecule has 0 radical (unpaired) electrons. The molecule has 1 aromatic heterocycles. The molecule has 6 heteroatoms. The van der Waals surface area contributed by atoms with E-state index in [0.717, 1.165) is 25.1 Å². The Morgan fingerprint density at radius 2 is 1.92 bits per heavy atom. The Hall–Kier alpha value is -2.21. The van der Waals surface area contributed by atoms with Crippen molar-refractivity contribution in [2.75, 3.05) is 26.2 Å². The lowest BCUT2D eigenvalue weighted by Crippen LogP contribution is -2.49. The summed E-state index contributed by atoms with van der Waals surface area (Å²) >= 11 is 0. The molecule has 4 rings (SSSR count). The lowest BCUT2D eigenvalue weighted by Gasteiger charge is -2.37. The van der Waals surface area contributed by atoms with Gasteiger partial charge in [0.25, 0.3) is 5.91 Å². The van der Waals surface area contributed by atoms with Gasteiger partial charge in [0, 0.05) is 26.1 Å². The van der Waals surface area contributed by atoms with Crippen LogP contribution in [0.1, 0.15) is 41.9 Å². The van der Waals surface area contributed by atoms with Gasteiger partial charge in [-0.05, 0) is 50.9 Å². The molecule has 132 valence electrons. The van der Waals surface area contributed by atoms with Crippen LogP contribution in [-0.4, -0.2) is 58.1 Å². The van der Waals surface area contributed by atoms with Crippen molar-refractivity contribution >= 4 is 5.91 Å². The summed E-state index contributed by atoms with van der Waals surface area (Å²) in [6, 6.07) is 8.02. The highest BCUT2D eigenvalue weighted by Crippen LogP contribution is 2.26. The molecule has 0 bridgehead atoms. The van der Waals surface area contributed by atoms with Gasteiger partial charge in [0.2, 0.25) is 11.8 Å². The van der Waals surface area contributed by atoms with E-state index in [9.17, 15) is 4.79 Å². The summed E-state index contributed by atoms with van der Waals surface area (Å²) in [5.74, 6) is 0.981. The standard InChI is InChI=1S/C19H24N4O2/c1-14-20-21-18(25-14)16-8-2-3-9-17(16)19(24)23-12-6-7-15(13-23)22-10-4-5-11-22/h2-3,8-9,15H,4-7,10-13H2,1H3. The molecule has 0 N–H and O–H groups in total. The van der Waals surface area contributed by atoms with Gasteiger partial charge < -0.3 is 9.32 Å². The first-order valence-electron chi connectivity index (χ1n) is 9.15. The lowest BCUT2D eigenvalue weighted by atomic mass is 10.0. The summed E-state index contributed by atoms with van der Waals surface area (Å²) in [4.78, 5) is 17.7. The summed E-state index contributed by atoms with van der Waals surface area (Å²) in [5.41, 5.74) is 1.37. The van der Waals surface area contributed by atoms with E-state index >= 15 is 0 Å². The van der Waals surface area contributed by atoms with Crippen molar-refractivity contribution < 1.29 is 9.21 Å². The molecule has 1 aromatic carbocycles. The van der Waals surface area contributed by atoms with Crippen LogP contribution >= 0.6 is 0 Å². The molecule has 25 heavy (non-hydrogen) atoms. The number of benzene rings is 1. The summed E-state index contributed by atoms with van der Waals surface area (Å²) in [6.07, 6.45) is 4.82. The first kappa shape index (κ1) is 16.3. The molecule has 2 aliphatic rings. The maximum atomic E-state index is 13.2. The molecule has 1 unspecified atom stereocenters. The van der Waals surface area contributed by atoms with Crippen molar-refractivity contribution in [3.63, 3.8) is 0 Å². The minimum atomic E-state index is 0.0651. The number of nitrogens with zero attached hydrogens (tertiary/aromatic N) is 4. The van der Waals surface area contributed by atoms with Crippen molar-refractivity contribution in [2.45, 2.75) is 38.6 Å². The van der Waals surface area contributed by atoms with Gasteiger partial charge in [-0.3, -0.25) is 9.69 Å². The normalized spacial score (nSPS) is 21.6. The Bertz CT molecular complexity index is 751. The maximum absolute atomic E-state index is 13.2. The lowest BCUT2D eigenvalue weighted by molar-refractivity contribution is 0.0608. The Morgan fingerprint density at radius 1 is 1.12 bits per heavy atom. The third-order valence-corrected chi connectivity index (χ3v) is 5.25. The highest BCUT2D eigenvalue weighted by atomic mass is 16.4. The number of amides is 1. The van der Waals surface area contributed by atoms with Crippen LogP contribution in [0.25, 0.3) is 11.5 Å². The first-order chi connectivity index (χ1) is 12.2. The number of rotatable bonds is 3. The SMILES string of the molecule is Cc1nnc(-c2ccccc2C(=O)N2CCCC(N3CCCC3)C2)o1. The summed E-state index contributed by atoms with van der Waals surface area (Å²) in [6.45, 7) is 5.73. The van der Waals surface area contributed by atoms with Crippen molar-refractivity contribution in [1.82, 2.24) is 20.0 Å². The fourth-order valence-corrected chi connectivity index (χ4v) is 3.98. The molecule has 6 nitrogen and oxygen atoms in total. The number of likely N-dealkylation sites (tertiary alicyclic amines) is 2. The number of carbonyl (C=O) groups excluding carboxylic acids is 1. The topological polar surface area (TPSA) is 62.5 Å². The Morgan fingerprint density at radius 3 is 2.68 bits per heavy atom. The summed E-state index contributed by atoms with van der Waals surface area (Å²) in [5, 5.41) is 7.98. The van der Waals surface area contributed by atoms with Crippen molar-refractivity contribution in [3.05, 3.63) is 35.7 Å². The van der Waals surface area contributed by atoms with E-state index < -0.39 is 0 Å². The number of carbonyl (C=O) groups is 1. The summed E-state index contributed by atoms with van der Waals surface area (Å²) < 4.78 is 5.55. The van der Waals surface area contributed by atoms with Gasteiger partial charge in [-0.15, -0.1) is 10.2 Å². The zero-order chi connectivity index (χ0) is 17.2. The fraction of sp³-hybridized carbons (Fsp3) is 0.526. The van der Waals surface area contributed by atoms with Crippen LogP contribution in [0.5, 0.6) is 0 Å². The van der Waals surface area contributed by atoms with E-state index in [0.29, 0.717) is 23.4 Å². The molecule has 3 heterocycles. The third kappa shape index (κ3) is 3.31. The molecular weight excluding hydrogens is 316 g/mol. The van der Waals surface area contributed by atoms with E-state index in [-0.39, 0.29) is 5.91 Å². The second-order valence-electron chi connectivity index (χ2n) is 6.96. The first-order valence-corrected chi connectivity index (χ1v) is 9.15. The van der Waals surface area contributed by atoms with Gasteiger partial charge in [-0.1, -0.05) is 12.1 Å². The van der Waals surface area contributed by atoms with Crippen LogP contribution < -0.4 is 0 Å². The van der Waals surface area contributed by atoms with Gasteiger partial charge >= 0.3 is 0 Å². The van der Waals surface area contributed by atoms with Gasteiger partial charge in [-0.25, -0.2) is 0 Å². The number of hydrogen-bond donors (Lipinski definition) is 0. The van der Waals surface area contributed by atoms with Crippen molar-refractivity contribution in [3.8, 4) is 11.5 Å². The predicted octanol–water partition coefficient (Wildman–Crippen LogP) is 2.75. The average Bonchev–Trinajstić information content (AvgIpc) is 3.33. The molecule has 2 aromatic rings. The van der Waals surface area contributed by atoms with E-state index in [1.807, 2.05) is 29.2 Å². The Kier molecular flexibility index (Phi) is 4.53. The van der Waals surface area contributed by atoms with Crippen LogP contribution in [0.2, 0.25) is 0 Å². The molecule has 1 atom stereocenters. The predicted molar refractivity (Wildman–Crippen MR) is 94.2 cm³/mol. The quantitative estimate of drug-likeness (QED) is 0.860. The van der Waals surface area contributed by atoms with E-state index in [1.165, 1.54) is 32.4 Å². The molecule has 0 spiro atoms. The molecule has 1 amide bonds. The number of hydrogen-bond acceptors (Lipinski definition) is 5. The number of aromatic nitrogens is 2. The third-order valence-electron chi connectivity index (χ3n) is 5.25. The van der Waals surface area contributed by atoms with Crippen LogP contribution in [0, 0.1) is 6.92 Å². The smallest absolute Gasteiger partial charge is 0.254 e. The minimum Gasteiger partial charge on any atom is -0.421 e. The Balaban J connectivity index is 1.56. The maximum Gasteiger partial charge on any atom is 0.254 e. The second-order valence-corrected chi connectivity index (χ2v) is 6.96. The van der Waals surface area contributed by atoms with E-state index in [2.05, 4.69) is 15.1 Å². The zero-order valence-corrected chi connectivity index (χ0v) is 14.6. The molecule has 2 aliphatic heterocycles. The highest BCUT2D eigenvalue weighted by molar-refractivity contribution is 6.00. The zero-order valence-electron chi connectivity index (χ0n) is 14.6. The highest BCUT2D eigenvalue weighted by Gasteiger charge is 2.30. The van der Waals surface area contributed by atoms with Crippen molar-refractivity contribution in [2.24, 2.45) is 0 Å². The molecular formula is C19H24N4O2. The average molecular weight is 340 g/mol. The number of aryl methyl sites for hydroxylation is 1. The minimum absolute atomic E-state index is 0.0651. The van der Waals surface area contributed by atoms with Gasteiger partial charge in [-0.2, -0.15) is 0 Å². The van der Waals surface area contributed by atoms with Gasteiger partial charge in [0.05, 0.1) is 11.1 Å². The van der Waals surface area contributed by atoms with E-state index in [4.69, 9.17) is 4.42 Å². The molecule has 2 saturated heterocycles. The number of piperidine rings is 1. The van der Waals surface area contributed by atoms with Crippen LogP contribution in [0.15, 0.2) is 28.7 Å². The monoisotopic (exact) mass is 340 g/mol. The van der Waals surface area contributed by atoms with E-state index in [1.54, 1.807) is 6.92 Å². The van der Waals surface area contributed by atoms with Gasteiger partial charge in [0.15, 0.2) is 0 Å². The van der Waals surface area contributed by atoms with Crippen LogP contribution in [0.4, 0.5) is 0 Å². The second kappa shape index (κ2) is 6.96. The van der Waals surface area contributed by atoms with Crippen LogP contribution in [-0.2, 0) is 0 Å². The molecule has 0 saturated carbocycles. The van der Waals surface area contributed by atoms with Crippen LogP contribution in [0.3, 0.4) is 0 Å². The van der Waals surface area contributed by atoms with Crippen molar-refractivity contribution in [1.29, 1.82) is 0 Å². The molecule has 2 fully saturated rings.